The second kappa shape index (κ2) is 7.48. The zero-order chi connectivity index (χ0) is 15.3. The van der Waals surface area contributed by atoms with Crippen LogP contribution in [-0.2, 0) is 17.8 Å². The van der Waals surface area contributed by atoms with Crippen molar-refractivity contribution in [3.63, 3.8) is 0 Å². The summed E-state index contributed by atoms with van der Waals surface area (Å²) in [5.41, 5.74) is 2.89. The number of hydrogen-bond acceptors (Lipinski definition) is 2. The van der Waals surface area contributed by atoms with Gasteiger partial charge in [0.2, 0.25) is 4.33 Å². The normalized spacial score (nSPS) is 15.7. The molecule has 0 amide bonds. The highest BCUT2D eigenvalue weighted by Gasteiger charge is 2.32. The first-order valence-electron chi connectivity index (χ1n) is 7.39. The molecule has 1 aromatic rings. The molecule has 0 aliphatic carbocycles. The van der Waals surface area contributed by atoms with Gasteiger partial charge in [-0.05, 0) is 43.4 Å². The van der Waals surface area contributed by atoms with Crippen molar-refractivity contribution in [2.45, 2.75) is 43.0 Å². The molecule has 2 rings (SSSR count). The highest BCUT2D eigenvalue weighted by atomic mass is 35.5. The number of carbonyl (C=O) groups is 1. The van der Waals surface area contributed by atoms with Crippen LogP contribution in [0.4, 0.5) is 0 Å². The molecule has 0 bridgehead atoms. The van der Waals surface area contributed by atoms with Crippen LogP contribution >= 0.6 is 23.2 Å². The van der Waals surface area contributed by atoms with E-state index in [-0.39, 0.29) is 0 Å². The van der Waals surface area contributed by atoms with Crippen LogP contribution in [0.2, 0.25) is 0 Å². The van der Waals surface area contributed by atoms with Crippen molar-refractivity contribution in [1.82, 2.24) is 4.90 Å². The Balaban J connectivity index is 1.66. The molecule has 1 aliphatic rings. The van der Waals surface area contributed by atoms with Gasteiger partial charge in [-0.1, -0.05) is 53.9 Å². The number of rotatable bonds is 7. The summed E-state index contributed by atoms with van der Waals surface area (Å²) in [4.78, 5) is 13.2. The molecule has 1 heterocycles. The predicted octanol–water partition coefficient (Wildman–Crippen LogP) is 3.86. The van der Waals surface area contributed by atoms with Gasteiger partial charge in [0.1, 0.15) is 0 Å². The molecule has 0 spiro atoms. The van der Waals surface area contributed by atoms with Crippen molar-refractivity contribution in [2.24, 2.45) is 0 Å². The van der Waals surface area contributed by atoms with Crippen LogP contribution in [-0.4, -0.2) is 33.4 Å². The summed E-state index contributed by atoms with van der Waals surface area (Å²) in [6, 6.07) is 8.60. The van der Waals surface area contributed by atoms with Crippen molar-refractivity contribution in [2.75, 3.05) is 13.1 Å². The topological polar surface area (TPSA) is 40.5 Å². The van der Waals surface area contributed by atoms with Gasteiger partial charge >= 0.3 is 5.97 Å². The van der Waals surface area contributed by atoms with Crippen molar-refractivity contribution < 1.29 is 9.90 Å². The Kier molecular flexibility index (Phi) is 5.91. The van der Waals surface area contributed by atoms with E-state index in [1.807, 2.05) is 0 Å². The number of hydrogen-bond donors (Lipinski definition) is 1. The number of unbranched alkanes of at least 4 members (excludes halogenated alkanes) is 2. The van der Waals surface area contributed by atoms with Crippen molar-refractivity contribution in [3.05, 3.63) is 35.4 Å². The minimum atomic E-state index is -1.63. The second-order valence-corrected chi connectivity index (χ2v) is 7.10. The summed E-state index contributed by atoms with van der Waals surface area (Å²) in [6.07, 6.45) is 4.15. The molecule has 0 saturated heterocycles. The maximum atomic E-state index is 10.8. The van der Waals surface area contributed by atoms with Gasteiger partial charge in [-0.3, -0.25) is 4.90 Å². The van der Waals surface area contributed by atoms with Crippen LogP contribution in [0.25, 0.3) is 0 Å². The monoisotopic (exact) mass is 329 g/mol. The fraction of sp³-hybridized carbons (Fsp3) is 0.562. The summed E-state index contributed by atoms with van der Waals surface area (Å²) in [5, 5.41) is 8.82. The number of halogens is 2. The van der Waals surface area contributed by atoms with Gasteiger partial charge in [0, 0.05) is 13.1 Å². The SMILES string of the molecule is O=C(O)C(Cl)(Cl)CCCCCN1CCc2ccccc2C1. The summed E-state index contributed by atoms with van der Waals surface area (Å²) in [6.45, 7) is 3.15. The number of nitrogens with zero attached hydrogens (tertiary/aromatic N) is 1. The summed E-state index contributed by atoms with van der Waals surface area (Å²) in [5.74, 6) is -1.15. The third-order valence-electron chi connectivity index (χ3n) is 3.99. The van der Waals surface area contributed by atoms with E-state index in [0.717, 1.165) is 45.3 Å². The van der Waals surface area contributed by atoms with Crippen molar-refractivity contribution in [3.8, 4) is 0 Å². The lowest BCUT2D eigenvalue weighted by molar-refractivity contribution is -0.138. The Bertz CT molecular complexity index is 491. The number of carboxylic acids is 1. The summed E-state index contributed by atoms with van der Waals surface area (Å²) >= 11 is 11.4. The molecular weight excluding hydrogens is 309 g/mol. The first-order valence-corrected chi connectivity index (χ1v) is 8.15. The molecule has 1 aromatic carbocycles. The van der Waals surface area contributed by atoms with Gasteiger partial charge in [0.25, 0.3) is 0 Å². The fourth-order valence-electron chi connectivity index (χ4n) is 2.71. The molecule has 1 aliphatic heterocycles. The Morgan fingerprint density at radius 3 is 2.62 bits per heavy atom. The van der Waals surface area contributed by atoms with E-state index in [9.17, 15) is 4.79 Å². The molecule has 0 unspecified atom stereocenters. The molecule has 0 radical (unpaired) electrons. The number of alkyl halides is 2. The number of benzene rings is 1. The van der Waals surface area contributed by atoms with E-state index in [0.29, 0.717) is 6.42 Å². The zero-order valence-corrected chi connectivity index (χ0v) is 13.5. The maximum Gasteiger partial charge on any atom is 0.340 e. The Morgan fingerprint density at radius 1 is 1.19 bits per heavy atom. The first kappa shape index (κ1) is 16.6. The number of carboxylic acid groups (broad SMARTS) is 1. The molecule has 0 saturated carbocycles. The maximum absolute atomic E-state index is 10.8. The molecule has 5 heteroatoms. The highest BCUT2D eigenvalue weighted by Crippen LogP contribution is 2.28. The van der Waals surface area contributed by atoms with Crippen LogP contribution in [0, 0.1) is 0 Å². The molecule has 3 nitrogen and oxygen atoms in total. The second-order valence-electron chi connectivity index (χ2n) is 5.62. The third kappa shape index (κ3) is 4.87. The van der Waals surface area contributed by atoms with Crippen LogP contribution in [0.5, 0.6) is 0 Å². The van der Waals surface area contributed by atoms with Crippen LogP contribution in [0.3, 0.4) is 0 Å². The Labute approximate surface area is 135 Å². The van der Waals surface area contributed by atoms with Gasteiger partial charge in [-0.2, -0.15) is 0 Å². The highest BCUT2D eigenvalue weighted by molar-refractivity contribution is 6.57. The van der Waals surface area contributed by atoms with Crippen LogP contribution in [0.1, 0.15) is 36.8 Å². The molecule has 0 atom stereocenters. The fourth-order valence-corrected chi connectivity index (χ4v) is 2.98. The molecular formula is C16H21Cl2NO2. The van der Waals surface area contributed by atoms with Crippen LogP contribution < -0.4 is 0 Å². The standard InChI is InChI=1S/C16H21Cl2NO2/c17-16(18,15(20)21)9-4-1-5-10-19-11-8-13-6-2-3-7-14(13)12-19/h2-3,6-7H,1,4-5,8-12H2,(H,20,21). The minimum Gasteiger partial charge on any atom is -0.479 e. The van der Waals surface area contributed by atoms with Crippen molar-refractivity contribution in [1.29, 1.82) is 0 Å². The molecule has 1 N–H and O–H groups in total. The summed E-state index contributed by atoms with van der Waals surface area (Å²) in [7, 11) is 0. The lowest BCUT2D eigenvalue weighted by Crippen LogP contribution is -2.31. The molecule has 116 valence electrons. The number of fused-ring (bicyclic) bond motifs is 1. The average Bonchev–Trinajstić information content (AvgIpc) is 2.46. The molecule has 21 heavy (non-hydrogen) atoms. The van der Waals surface area contributed by atoms with Gasteiger partial charge in [0.15, 0.2) is 0 Å². The lowest BCUT2D eigenvalue weighted by Gasteiger charge is -2.28. The smallest absolute Gasteiger partial charge is 0.340 e. The predicted molar refractivity (Wildman–Crippen MR) is 86.0 cm³/mol. The Hall–Kier alpha value is -0.770. The van der Waals surface area contributed by atoms with Crippen molar-refractivity contribution >= 4 is 29.2 Å². The lowest BCUT2D eigenvalue weighted by atomic mass is 9.99. The average molecular weight is 330 g/mol. The molecule has 0 fully saturated rings. The van der Waals surface area contributed by atoms with E-state index in [4.69, 9.17) is 28.3 Å². The number of aliphatic carboxylic acids is 1. The summed E-state index contributed by atoms with van der Waals surface area (Å²) < 4.78 is -1.63. The van der Waals surface area contributed by atoms with Gasteiger partial charge in [0.05, 0.1) is 0 Å². The van der Waals surface area contributed by atoms with Gasteiger partial charge < -0.3 is 5.11 Å². The third-order valence-corrected chi connectivity index (χ3v) is 4.69. The van der Waals surface area contributed by atoms with E-state index in [1.165, 1.54) is 11.1 Å². The van der Waals surface area contributed by atoms with Gasteiger partial charge in [-0.25, -0.2) is 4.79 Å². The van der Waals surface area contributed by atoms with E-state index < -0.39 is 10.3 Å². The first-order chi connectivity index (χ1) is 9.99. The minimum absolute atomic E-state index is 0.300. The van der Waals surface area contributed by atoms with E-state index in [2.05, 4.69) is 29.2 Å². The van der Waals surface area contributed by atoms with Crippen LogP contribution in [0.15, 0.2) is 24.3 Å². The Morgan fingerprint density at radius 2 is 1.90 bits per heavy atom. The molecule has 0 aromatic heterocycles. The quantitative estimate of drug-likeness (QED) is 0.609. The zero-order valence-electron chi connectivity index (χ0n) is 12.0. The largest absolute Gasteiger partial charge is 0.479 e. The van der Waals surface area contributed by atoms with E-state index >= 15 is 0 Å². The van der Waals surface area contributed by atoms with E-state index in [1.54, 1.807) is 0 Å². The van der Waals surface area contributed by atoms with Gasteiger partial charge in [-0.15, -0.1) is 0 Å².